The van der Waals surface area contributed by atoms with Crippen LogP contribution in [0.15, 0.2) is 41.6 Å². The van der Waals surface area contributed by atoms with E-state index in [1.54, 1.807) is 30.5 Å². The van der Waals surface area contributed by atoms with Gasteiger partial charge in [0.2, 0.25) is 5.95 Å². The van der Waals surface area contributed by atoms with Crippen molar-refractivity contribution in [3.8, 4) is 5.75 Å². The number of benzene rings is 1. The van der Waals surface area contributed by atoms with Crippen LogP contribution < -0.4 is 5.43 Å². The number of phenolic OH excluding ortho intramolecular Hbond substituents is 1. The molecule has 0 spiro atoms. The molecule has 2 aromatic rings. The Balaban J connectivity index is 2.06. The van der Waals surface area contributed by atoms with Crippen LogP contribution in [-0.4, -0.2) is 21.3 Å². The number of aromatic nitrogens is 2. The monoisotopic (exact) mass is 228 g/mol. The topological polar surface area (TPSA) is 70.4 Å². The first-order valence-electron chi connectivity index (χ1n) is 5.12. The van der Waals surface area contributed by atoms with E-state index in [0.717, 1.165) is 5.69 Å². The lowest BCUT2D eigenvalue weighted by Gasteiger charge is -1.99. The minimum Gasteiger partial charge on any atom is -0.507 e. The van der Waals surface area contributed by atoms with Crippen molar-refractivity contribution in [3.63, 3.8) is 0 Å². The summed E-state index contributed by atoms with van der Waals surface area (Å²) in [6.45, 7) is 1.87. The number of aryl methyl sites for hydroxylation is 1. The molecule has 86 valence electrons. The lowest BCUT2D eigenvalue weighted by Crippen LogP contribution is -1.97. The molecule has 2 rings (SSSR count). The molecule has 1 heterocycles. The van der Waals surface area contributed by atoms with Crippen LogP contribution >= 0.6 is 0 Å². The molecule has 5 heteroatoms. The van der Waals surface area contributed by atoms with E-state index in [0.29, 0.717) is 11.5 Å². The Morgan fingerprint density at radius 1 is 1.29 bits per heavy atom. The fourth-order valence-electron chi connectivity index (χ4n) is 1.26. The van der Waals surface area contributed by atoms with Gasteiger partial charge in [0.15, 0.2) is 0 Å². The van der Waals surface area contributed by atoms with Crippen LogP contribution in [0.4, 0.5) is 5.95 Å². The average Bonchev–Trinajstić information content (AvgIpc) is 2.32. The number of anilines is 1. The highest BCUT2D eigenvalue weighted by molar-refractivity contribution is 5.83. The van der Waals surface area contributed by atoms with Crippen LogP contribution in [-0.2, 0) is 0 Å². The summed E-state index contributed by atoms with van der Waals surface area (Å²) in [5.41, 5.74) is 4.19. The number of hydrogen-bond acceptors (Lipinski definition) is 5. The summed E-state index contributed by atoms with van der Waals surface area (Å²) in [7, 11) is 0. The van der Waals surface area contributed by atoms with Gasteiger partial charge in [0.25, 0.3) is 0 Å². The van der Waals surface area contributed by atoms with Gasteiger partial charge in [-0.25, -0.2) is 15.4 Å². The van der Waals surface area contributed by atoms with E-state index >= 15 is 0 Å². The average molecular weight is 228 g/mol. The molecule has 0 aliphatic carbocycles. The maximum Gasteiger partial charge on any atom is 0.243 e. The zero-order valence-electron chi connectivity index (χ0n) is 9.33. The fourth-order valence-corrected chi connectivity index (χ4v) is 1.26. The number of hydrogen-bond donors (Lipinski definition) is 2. The summed E-state index contributed by atoms with van der Waals surface area (Å²) in [5.74, 6) is 0.611. The highest BCUT2D eigenvalue weighted by Crippen LogP contribution is 2.12. The molecule has 1 aromatic carbocycles. The Labute approximate surface area is 98.9 Å². The van der Waals surface area contributed by atoms with Crippen molar-refractivity contribution in [1.29, 1.82) is 0 Å². The molecule has 0 atom stereocenters. The third kappa shape index (κ3) is 3.01. The van der Waals surface area contributed by atoms with Crippen molar-refractivity contribution in [3.05, 3.63) is 47.8 Å². The highest BCUT2D eigenvalue weighted by atomic mass is 16.3. The number of aromatic hydroxyl groups is 1. The molecular weight excluding hydrogens is 216 g/mol. The number of hydrazone groups is 1. The molecule has 5 nitrogen and oxygen atoms in total. The molecule has 0 saturated carbocycles. The summed E-state index contributed by atoms with van der Waals surface area (Å²) in [6.07, 6.45) is 3.17. The quantitative estimate of drug-likeness (QED) is 0.622. The summed E-state index contributed by atoms with van der Waals surface area (Å²) < 4.78 is 0. The standard InChI is InChI=1S/C12H12N4O/c1-9-6-7-13-12(15-9)16-14-8-10-4-2-3-5-11(10)17/h2-8,17H,1H3,(H,13,15,16)/b14-8+. The van der Waals surface area contributed by atoms with Crippen LogP contribution in [0.2, 0.25) is 0 Å². The third-order valence-corrected chi connectivity index (χ3v) is 2.10. The molecular formula is C12H12N4O. The molecule has 0 fully saturated rings. The third-order valence-electron chi connectivity index (χ3n) is 2.10. The van der Waals surface area contributed by atoms with Crippen molar-refractivity contribution in [2.75, 3.05) is 5.43 Å². The first-order valence-corrected chi connectivity index (χ1v) is 5.12. The number of nitrogens with zero attached hydrogens (tertiary/aromatic N) is 3. The SMILES string of the molecule is Cc1ccnc(N/N=C/c2ccccc2O)n1. The molecule has 0 radical (unpaired) electrons. The van der Waals surface area contributed by atoms with Gasteiger partial charge < -0.3 is 5.11 Å². The molecule has 1 aromatic heterocycles. The fraction of sp³-hybridized carbons (Fsp3) is 0.0833. The van der Waals surface area contributed by atoms with E-state index in [1.807, 2.05) is 13.0 Å². The maximum atomic E-state index is 9.50. The van der Waals surface area contributed by atoms with Crippen LogP contribution in [0.1, 0.15) is 11.3 Å². The molecule has 0 amide bonds. The Bertz CT molecular complexity index is 540. The first-order chi connectivity index (χ1) is 8.25. The van der Waals surface area contributed by atoms with E-state index in [9.17, 15) is 5.11 Å². The Kier molecular flexibility index (Phi) is 3.30. The largest absolute Gasteiger partial charge is 0.507 e. The summed E-state index contributed by atoms with van der Waals surface area (Å²) in [5, 5.41) is 13.5. The van der Waals surface area contributed by atoms with E-state index in [-0.39, 0.29) is 5.75 Å². The molecule has 2 N–H and O–H groups in total. The van der Waals surface area contributed by atoms with Crippen LogP contribution in [0.3, 0.4) is 0 Å². The van der Waals surface area contributed by atoms with Gasteiger partial charge in [-0.1, -0.05) is 12.1 Å². The zero-order chi connectivity index (χ0) is 12.1. The van der Waals surface area contributed by atoms with Crippen molar-refractivity contribution in [2.24, 2.45) is 5.10 Å². The smallest absolute Gasteiger partial charge is 0.243 e. The number of para-hydroxylation sites is 1. The highest BCUT2D eigenvalue weighted by Gasteiger charge is 1.95. The predicted molar refractivity (Wildman–Crippen MR) is 66.1 cm³/mol. The van der Waals surface area contributed by atoms with E-state index in [1.165, 1.54) is 6.21 Å². The molecule has 0 bridgehead atoms. The van der Waals surface area contributed by atoms with E-state index in [4.69, 9.17) is 0 Å². The van der Waals surface area contributed by atoms with Gasteiger partial charge in [0.05, 0.1) is 6.21 Å². The summed E-state index contributed by atoms with van der Waals surface area (Å²) >= 11 is 0. The van der Waals surface area contributed by atoms with Gasteiger partial charge in [-0.3, -0.25) is 0 Å². The Morgan fingerprint density at radius 3 is 2.88 bits per heavy atom. The summed E-state index contributed by atoms with van der Waals surface area (Å²) in [4.78, 5) is 8.12. The molecule has 0 unspecified atom stereocenters. The second-order valence-electron chi connectivity index (χ2n) is 3.45. The molecule has 0 aliphatic rings. The molecule has 0 saturated heterocycles. The van der Waals surface area contributed by atoms with Crippen LogP contribution in [0, 0.1) is 6.92 Å². The number of nitrogens with one attached hydrogen (secondary N) is 1. The normalized spacial score (nSPS) is 10.6. The van der Waals surface area contributed by atoms with Gasteiger partial charge in [0.1, 0.15) is 5.75 Å². The van der Waals surface area contributed by atoms with Crippen molar-refractivity contribution in [2.45, 2.75) is 6.92 Å². The minimum absolute atomic E-state index is 0.184. The Hall–Kier alpha value is -2.43. The lowest BCUT2D eigenvalue weighted by molar-refractivity contribution is 0.474. The first kappa shape index (κ1) is 11.1. The van der Waals surface area contributed by atoms with E-state index < -0.39 is 0 Å². The van der Waals surface area contributed by atoms with Gasteiger partial charge >= 0.3 is 0 Å². The number of phenols is 1. The number of rotatable bonds is 3. The van der Waals surface area contributed by atoms with Gasteiger partial charge in [0, 0.05) is 17.5 Å². The van der Waals surface area contributed by atoms with Gasteiger partial charge in [-0.15, -0.1) is 0 Å². The second-order valence-corrected chi connectivity index (χ2v) is 3.45. The zero-order valence-corrected chi connectivity index (χ0v) is 9.33. The van der Waals surface area contributed by atoms with Gasteiger partial charge in [-0.05, 0) is 25.1 Å². The summed E-state index contributed by atoms with van der Waals surface area (Å²) in [6, 6.07) is 8.74. The van der Waals surface area contributed by atoms with Crippen molar-refractivity contribution in [1.82, 2.24) is 9.97 Å². The van der Waals surface area contributed by atoms with Crippen LogP contribution in [0.5, 0.6) is 5.75 Å². The lowest BCUT2D eigenvalue weighted by atomic mass is 10.2. The van der Waals surface area contributed by atoms with Crippen molar-refractivity contribution >= 4 is 12.2 Å². The minimum atomic E-state index is 0.184. The molecule has 17 heavy (non-hydrogen) atoms. The Morgan fingerprint density at radius 2 is 2.12 bits per heavy atom. The molecule has 0 aliphatic heterocycles. The van der Waals surface area contributed by atoms with E-state index in [2.05, 4.69) is 20.5 Å². The van der Waals surface area contributed by atoms with Crippen molar-refractivity contribution < 1.29 is 5.11 Å². The predicted octanol–water partition coefficient (Wildman–Crippen LogP) is 1.94. The maximum absolute atomic E-state index is 9.50. The van der Waals surface area contributed by atoms with Gasteiger partial charge in [-0.2, -0.15) is 5.10 Å². The van der Waals surface area contributed by atoms with Crippen LogP contribution in [0.25, 0.3) is 0 Å². The second kappa shape index (κ2) is 5.07.